The molecular weight excluding hydrogens is 256 g/mol. The highest BCUT2D eigenvalue weighted by atomic mass is 79.9. The van der Waals surface area contributed by atoms with E-state index in [4.69, 9.17) is 10.2 Å². The Morgan fingerprint density at radius 1 is 1.33 bits per heavy atom. The van der Waals surface area contributed by atoms with Crippen LogP contribution in [0.15, 0.2) is 45.7 Å². The molecule has 1 aromatic heterocycles. The molecule has 0 spiro atoms. The Bertz CT molecular complexity index is 440. The topological polar surface area (TPSA) is 51.2 Å². The molecule has 0 saturated heterocycles. The van der Waals surface area contributed by atoms with Crippen LogP contribution in [0.4, 0.5) is 11.4 Å². The van der Waals surface area contributed by atoms with E-state index < -0.39 is 0 Å². The van der Waals surface area contributed by atoms with E-state index in [2.05, 4.69) is 21.2 Å². The van der Waals surface area contributed by atoms with Crippen LogP contribution in [-0.2, 0) is 6.54 Å². The van der Waals surface area contributed by atoms with E-state index in [1.165, 1.54) is 0 Å². The Labute approximate surface area is 96.4 Å². The van der Waals surface area contributed by atoms with Crippen molar-refractivity contribution >= 4 is 27.3 Å². The summed E-state index contributed by atoms with van der Waals surface area (Å²) >= 11 is 3.45. The average molecular weight is 267 g/mol. The van der Waals surface area contributed by atoms with Crippen LogP contribution in [0, 0.1) is 0 Å². The summed E-state index contributed by atoms with van der Waals surface area (Å²) in [6.45, 7) is 0.735. The zero-order valence-corrected chi connectivity index (χ0v) is 9.62. The summed E-state index contributed by atoms with van der Waals surface area (Å²) < 4.78 is 5.94. The lowest BCUT2D eigenvalue weighted by Crippen LogP contribution is -1.99. The van der Waals surface area contributed by atoms with Gasteiger partial charge in [0, 0.05) is 28.0 Å². The third kappa shape index (κ3) is 2.53. The molecule has 0 aliphatic carbocycles. The minimum absolute atomic E-state index is 0.735. The van der Waals surface area contributed by atoms with E-state index in [-0.39, 0.29) is 0 Å². The maximum absolute atomic E-state index is 5.65. The lowest BCUT2D eigenvalue weighted by Gasteiger charge is -2.07. The minimum atomic E-state index is 0.735. The molecule has 0 atom stereocenters. The van der Waals surface area contributed by atoms with Gasteiger partial charge in [0.05, 0.1) is 12.5 Å². The molecule has 0 unspecified atom stereocenters. The molecule has 0 radical (unpaired) electrons. The van der Waals surface area contributed by atoms with Crippen LogP contribution in [0.2, 0.25) is 0 Å². The molecule has 2 rings (SSSR count). The summed E-state index contributed by atoms with van der Waals surface area (Å²) in [6.07, 6.45) is 3.38. The summed E-state index contributed by atoms with van der Waals surface area (Å²) in [5.74, 6) is 0. The van der Waals surface area contributed by atoms with E-state index in [0.29, 0.717) is 0 Å². The molecule has 0 amide bonds. The van der Waals surface area contributed by atoms with Gasteiger partial charge in [-0.15, -0.1) is 0 Å². The fourth-order valence-corrected chi connectivity index (χ4v) is 1.80. The Morgan fingerprint density at radius 2 is 2.20 bits per heavy atom. The normalized spacial score (nSPS) is 10.2. The van der Waals surface area contributed by atoms with Crippen molar-refractivity contribution in [3.8, 4) is 0 Å². The summed E-state index contributed by atoms with van der Waals surface area (Å²) in [4.78, 5) is 0. The number of benzene rings is 1. The Morgan fingerprint density at radius 3 is 2.87 bits per heavy atom. The van der Waals surface area contributed by atoms with Crippen LogP contribution in [0.5, 0.6) is 0 Å². The van der Waals surface area contributed by atoms with Crippen molar-refractivity contribution < 1.29 is 4.42 Å². The molecule has 4 heteroatoms. The predicted molar refractivity (Wildman–Crippen MR) is 64.6 cm³/mol. The van der Waals surface area contributed by atoms with Gasteiger partial charge in [-0.25, -0.2) is 0 Å². The number of nitrogen functional groups attached to an aromatic ring is 1. The second-order valence-corrected chi connectivity index (χ2v) is 4.08. The first-order chi connectivity index (χ1) is 7.25. The molecule has 0 bridgehead atoms. The molecule has 0 fully saturated rings. The van der Waals surface area contributed by atoms with Gasteiger partial charge in [-0.1, -0.05) is 0 Å². The van der Waals surface area contributed by atoms with Crippen molar-refractivity contribution in [1.82, 2.24) is 0 Å². The van der Waals surface area contributed by atoms with Crippen LogP contribution in [0.25, 0.3) is 0 Å². The lowest BCUT2D eigenvalue weighted by molar-refractivity contribution is 0.564. The number of furan rings is 1. The van der Waals surface area contributed by atoms with Crippen molar-refractivity contribution in [2.75, 3.05) is 11.1 Å². The first kappa shape index (κ1) is 10.1. The van der Waals surface area contributed by atoms with Gasteiger partial charge >= 0.3 is 0 Å². The van der Waals surface area contributed by atoms with Gasteiger partial charge in [0.2, 0.25) is 0 Å². The number of anilines is 2. The summed E-state index contributed by atoms with van der Waals surface area (Å²) in [6, 6.07) is 7.61. The smallest absolute Gasteiger partial charge is 0.0952 e. The quantitative estimate of drug-likeness (QED) is 0.839. The van der Waals surface area contributed by atoms with E-state index in [9.17, 15) is 0 Å². The molecule has 1 heterocycles. The molecular formula is C11H11BrN2O. The van der Waals surface area contributed by atoms with Gasteiger partial charge in [0.15, 0.2) is 0 Å². The van der Waals surface area contributed by atoms with E-state index in [0.717, 1.165) is 28.0 Å². The second kappa shape index (κ2) is 4.40. The van der Waals surface area contributed by atoms with Gasteiger partial charge < -0.3 is 15.5 Å². The Balaban J connectivity index is 2.05. The third-order valence-corrected chi connectivity index (χ3v) is 2.71. The van der Waals surface area contributed by atoms with Crippen molar-refractivity contribution in [3.63, 3.8) is 0 Å². The zero-order valence-electron chi connectivity index (χ0n) is 8.03. The van der Waals surface area contributed by atoms with Gasteiger partial charge in [0.25, 0.3) is 0 Å². The number of rotatable bonds is 3. The van der Waals surface area contributed by atoms with E-state index in [1.807, 2.05) is 24.3 Å². The fourth-order valence-electron chi connectivity index (χ4n) is 1.27. The fraction of sp³-hybridized carbons (Fsp3) is 0.0909. The summed E-state index contributed by atoms with van der Waals surface area (Å²) in [5.41, 5.74) is 8.52. The van der Waals surface area contributed by atoms with Crippen LogP contribution in [-0.4, -0.2) is 0 Å². The second-order valence-electron chi connectivity index (χ2n) is 3.22. The van der Waals surface area contributed by atoms with E-state index >= 15 is 0 Å². The van der Waals surface area contributed by atoms with Crippen molar-refractivity contribution in [2.24, 2.45) is 0 Å². The van der Waals surface area contributed by atoms with Crippen LogP contribution in [0.1, 0.15) is 5.56 Å². The number of nitrogens with one attached hydrogen (secondary N) is 1. The van der Waals surface area contributed by atoms with Crippen molar-refractivity contribution in [1.29, 1.82) is 0 Å². The predicted octanol–water partition coefficient (Wildman–Crippen LogP) is 3.24. The SMILES string of the molecule is Nc1ccc(NCc2ccoc2)c(Br)c1. The van der Waals surface area contributed by atoms with Crippen molar-refractivity contribution in [3.05, 3.63) is 46.8 Å². The first-order valence-corrected chi connectivity index (χ1v) is 5.35. The standard InChI is InChI=1S/C11H11BrN2O/c12-10-5-9(13)1-2-11(10)14-6-8-3-4-15-7-8/h1-5,7,14H,6,13H2. The average Bonchev–Trinajstić information content (AvgIpc) is 2.69. The maximum Gasteiger partial charge on any atom is 0.0952 e. The van der Waals surface area contributed by atoms with Gasteiger partial charge in [-0.05, 0) is 40.2 Å². The molecule has 78 valence electrons. The lowest BCUT2D eigenvalue weighted by atomic mass is 10.2. The molecule has 0 aliphatic rings. The Kier molecular flexibility index (Phi) is 2.97. The largest absolute Gasteiger partial charge is 0.472 e. The maximum atomic E-state index is 5.65. The molecule has 1 aromatic carbocycles. The summed E-state index contributed by atoms with van der Waals surface area (Å²) in [7, 11) is 0. The highest BCUT2D eigenvalue weighted by molar-refractivity contribution is 9.10. The minimum Gasteiger partial charge on any atom is -0.472 e. The number of halogens is 1. The van der Waals surface area contributed by atoms with Crippen LogP contribution >= 0.6 is 15.9 Å². The van der Waals surface area contributed by atoms with Gasteiger partial charge in [0.1, 0.15) is 0 Å². The number of hydrogen-bond donors (Lipinski definition) is 2. The summed E-state index contributed by atoms with van der Waals surface area (Å²) in [5, 5.41) is 3.28. The zero-order chi connectivity index (χ0) is 10.7. The molecule has 0 saturated carbocycles. The first-order valence-electron chi connectivity index (χ1n) is 4.55. The number of nitrogens with two attached hydrogens (primary N) is 1. The van der Waals surface area contributed by atoms with Crippen LogP contribution < -0.4 is 11.1 Å². The molecule has 0 aliphatic heterocycles. The van der Waals surface area contributed by atoms with Gasteiger partial charge in [-0.2, -0.15) is 0 Å². The van der Waals surface area contributed by atoms with Crippen LogP contribution in [0.3, 0.4) is 0 Å². The highest BCUT2D eigenvalue weighted by Crippen LogP contribution is 2.25. The highest BCUT2D eigenvalue weighted by Gasteiger charge is 2.00. The molecule has 2 aromatic rings. The van der Waals surface area contributed by atoms with Crippen molar-refractivity contribution in [2.45, 2.75) is 6.54 Å². The third-order valence-electron chi connectivity index (χ3n) is 2.06. The molecule has 3 nitrogen and oxygen atoms in total. The van der Waals surface area contributed by atoms with E-state index in [1.54, 1.807) is 12.5 Å². The Hall–Kier alpha value is -1.42. The number of hydrogen-bond acceptors (Lipinski definition) is 3. The molecule has 15 heavy (non-hydrogen) atoms. The monoisotopic (exact) mass is 266 g/mol. The van der Waals surface area contributed by atoms with Gasteiger partial charge in [-0.3, -0.25) is 0 Å². The molecule has 3 N–H and O–H groups in total.